The number of allylic oxidation sites excluding steroid dienone is 2. The summed E-state index contributed by atoms with van der Waals surface area (Å²) < 4.78 is 6.51. The molecule has 0 fully saturated rings. The van der Waals surface area contributed by atoms with Gasteiger partial charge >= 0.3 is 0 Å². The fraction of sp³-hybridized carbons (Fsp3) is 0.500. The topological polar surface area (TPSA) is 58.6 Å². The van der Waals surface area contributed by atoms with Crippen molar-refractivity contribution in [3.8, 4) is 11.5 Å². The molecule has 2 atom stereocenters. The van der Waals surface area contributed by atoms with Crippen molar-refractivity contribution in [2.75, 3.05) is 5.32 Å². The van der Waals surface area contributed by atoms with E-state index in [0.29, 0.717) is 23.1 Å². The first-order valence-electron chi connectivity index (χ1n) is 12.7. The molecular formula is C30H38ClNO3. The van der Waals surface area contributed by atoms with Crippen LogP contribution < -0.4 is 10.1 Å². The SMILES string of the molecule is CC1=CC[C@@H]2[C@@H](C1)c1c(O)cc(C(C)(C)CCCCC(=O)Nc3ccc(Cl)cc3)cc1OC2(C)C. The van der Waals surface area contributed by atoms with Crippen molar-refractivity contribution in [3.63, 3.8) is 0 Å². The zero-order valence-corrected chi connectivity index (χ0v) is 22.3. The molecule has 2 N–H and O–H groups in total. The zero-order valence-electron chi connectivity index (χ0n) is 21.6. The molecule has 2 aliphatic rings. The van der Waals surface area contributed by atoms with E-state index in [0.717, 1.165) is 54.7 Å². The Balaban J connectivity index is 1.40. The normalized spacial score (nSPS) is 20.8. The van der Waals surface area contributed by atoms with Crippen molar-refractivity contribution < 1.29 is 14.6 Å². The number of ether oxygens (including phenoxy) is 1. The number of anilines is 1. The van der Waals surface area contributed by atoms with Gasteiger partial charge in [0, 0.05) is 34.5 Å². The highest BCUT2D eigenvalue weighted by Gasteiger charge is 2.46. The van der Waals surface area contributed by atoms with E-state index in [9.17, 15) is 9.90 Å². The number of unbranched alkanes of at least 4 members (excludes halogenated alkanes) is 1. The molecule has 0 saturated heterocycles. The van der Waals surface area contributed by atoms with Crippen LogP contribution in [0.3, 0.4) is 0 Å². The van der Waals surface area contributed by atoms with Gasteiger partial charge in [0.25, 0.3) is 0 Å². The number of phenolic OH excluding ortho intramolecular Hbond substituents is 1. The van der Waals surface area contributed by atoms with E-state index in [1.54, 1.807) is 12.1 Å². The van der Waals surface area contributed by atoms with E-state index in [1.807, 2.05) is 18.2 Å². The molecule has 0 spiro atoms. The van der Waals surface area contributed by atoms with Gasteiger partial charge in [-0.3, -0.25) is 4.79 Å². The third-order valence-corrected chi connectivity index (χ3v) is 8.12. The Morgan fingerprint density at radius 3 is 2.63 bits per heavy atom. The molecule has 188 valence electrons. The number of carbonyl (C=O) groups excluding carboxylic acids is 1. The summed E-state index contributed by atoms with van der Waals surface area (Å²) in [5, 5.41) is 14.7. The number of rotatable bonds is 7. The quantitative estimate of drug-likeness (QED) is 0.301. The monoisotopic (exact) mass is 495 g/mol. The number of hydrogen-bond acceptors (Lipinski definition) is 3. The highest BCUT2D eigenvalue weighted by molar-refractivity contribution is 6.30. The predicted molar refractivity (Wildman–Crippen MR) is 144 cm³/mol. The molecule has 0 bridgehead atoms. The summed E-state index contributed by atoms with van der Waals surface area (Å²) in [5.41, 5.74) is 3.78. The summed E-state index contributed by atoms with van der Waals surface area (Å²) in [5.74, 6) is 1.85. The molecule has 2 aromatic carbocycles. The van der Waals surface area contributed by atoms with E-state index in [2.05, 4.69) is 52.1 Å². The van der Waals surface area contributed by atoms with E-state index in [-0.39, 0.29) is 22.8 Å². The molecule has 35 heavy (non-hydrogen) atoms. The van der Waals surface area contributed by atoms with Crippen molar-refractivity contribution in [1.82, 2.24) is 0 Å². The number of nitrogens with one attached hydrogen (secondary N) is 1. The van der Waals surface area contributed by atoms with Crippen LogP contribution in [0.15, 0.2) is 48.0 Å². The van der Waals surface area contributed by atoms with Crippen molar-refractivity contribution in [3.05, 3.63) is 64.2 Å². The number of hydrogen-bond donors (Lipinski definition) is 2. The predicted octanol–water partition coefficient (Wildman–Crippen LogP) is 8.13. The second kappa shape index (κ2) is 9.89. The average Bonchev–Trinajstić information content (AvgIpc) is 2.77. The lowest BCUT2D eigenvalue weighted by Gasteiger charge is -2.47. The molecule has 2 aromatic rings. The van der Waals surface area contributed by atoms with Crippen molar-refractivity contribution >= 4 is 23.2 Å². The Bertz CT molecular complexity index is 1120. The number of phenols is 1. The van der Waals surface area contributed by atoms with Gasteiger partial charge in [0.05, 0.1) is 0 Å². The van der Waals surface area contributed by atoms with Gasteiger partial charge in [-0.05, 0) is 93.8 Å². The van der Waals surface area contributed by atoms with Crippen molar-refractivity contribution in [2.45, 2.75) is 90.1 Å². The molecule has 0 saturated carbocycles. The van der Waals surface area contributed by atoms with Gasteiger partial charge in [0.2, 0.25) is 5.91 Å². The van der Waals surface area contributed by atoms with Crippen LogP contribution in [0.5, 0.6) is 11.5 Å². The van der Waals surface area contributed by atoms with Crippen molar-refractivity contribution in [1.29, 1.82) is 0 Å². The Morgan fingerprint density at radius 2 is 1.91 bits per heavy atom. The molecular weight excluding hydrogens is 458 g/mol. The summed E-state index contributed by atoms with van der Waals surface area (Å²) in [6.07, 6.45) is 7.39. The fourth-order valence-corrected chi connectivity index (χ4v) is 5.83. The first-order chi connectivity index (χ1) is 16.5. The van der Waals surface area contributed by atoms with Gasteiger partial charge < -0.3 is 15.2 Å². The van der Waals surface area contributed by atoms with Gasteiger partial charge in [-0.1, -0.05) is 43.5 Å². The van der Waals surface area contributed by atoms with Crippen LogP contribution in [0.4, 0.5) is 5.69 Å². The molecule has 1 amide bonds. The fourth-order valence-electron chi connectivity index (χ4n) is 5.71. The lowest BCUT2D eigenvalue weighted by Crippen LogP contribution is -2.45. The van der Waals surface area contributed by atoms with Crippen LogP contribution >= 0.6 is 11.6 Å². The largest absolute Gasteiger partial charge is 0.508 e. The molecule has 1 aliphatic heterocycles. The van der Waals surface area contributed by atoms with Gasteiger partial charge in [-0.2, -0.15) is 0 Å². The lowest BCUT2D eigenvalue weighted by atomic mass is 9.66. The first-order valence-corrected chi connectivity index (χ1v) is 13.1. The number of amides is 1. The smallest absolute Gasteiger partial charge is 0.224 e. The molecule has 1 aliphatic carbocycles. The Hall–Kier alpha value is -2.46. The number of halogens is 1. The van der Waals surface area contributed by atoms with Gasteiger partial charge in [-0.15, -0.1) is 0 Å². The first kappa shape index (κ1) is 25.6. The summed E-state index contributed by atoms with van der Waals surface area (Å²) in [6.45, 7) is 10.9. The molecule has 0 aromatic heterocycles. The molecule has 5 heteroatoms. The van der Waals surface area contributed by atoms with Crippen LogP contribution in [-0.4, -0.2) is 16.6 Å². The molecule has 0 radical (unpaired) electrons. The highest BCUT2D eigenvalue weighted by atomic mass is 35.5. The Kier molecular flexibility index (Phi) is 7.24. The third-order valence-electron chi connectivity index (χ3n) is 7.87. The van der Waals surface area contributed by atoms with Crippen LogP contribution in [-0.2, 0) is 10.2 Å². The maximum absolute atomic E-state index is 12.3. The van der Waals surface area contributed by atoms with Crippen LogP contribution in [0.1, 0.15) is 90.2 Å². The number of fused-ring (bicyclic) bond motifs is 3. The number of aromatic hydroxyl groups is 1. The van der Waals surface area contributed by atoms with Crippen LogP contribution in [0, 0.1) is 5.92 Å². The van der Waals surface area contributed by atoms with Crippen LogP contribution in [0.25, 0.3) is 0 Å². The highest BCUT2D eigenvalue weighted by Crippen LogP contribution is 2.55. The van der Waals surface area contributed by atoms with E-state index >= 15 is 0 Å². The van der Waals surface area contributed by atoms with Crippen molar-refractivity contribution in [2.24, 2.45) is 5.92 Å². The molecule has 4 nitrogen and oxygen atoms in total. The summed E-state index contributed by atoms with van der Waals surface area (Å²) in [6, 6.07) is 11.2. The van der Waals surface area contributed by atoms with E-state index in [1.165, 1.54) is 5.57 Å². The van der Waals surface area contributed by atoms with Gasteiger partial charge in [0.1, 0.15) is 17.1 Å². The number of carbonyl (C=O) groups is 1. The van der Waals surface area contributed by atoms with Gasteiger partial charge in [0.15, 0.2) is 0 Å². The standard InChI is InChI=1S/C30H38ClNO3/c1-19-9-14-24-23(16-19)28-25(33)17-20(18-26(28)35-30(24,4)5)29(2,3)15-7-6-8-27(34)32-22-12-10-21(31)11-13-22/h9-13,17-18,23-24,33H,6-8,14-16H2,1-5H3,(H,32,34)/t23-,24-/m1/s1. The minimum absolute atomic E-state index is 0.0126. The van der Waals surface area contributed by atoms with Gasteiger partial charge in [-0.25, -0.2) is 0 Å². The summed E-state index contributed by atoms with van der Waals surface area (Å²) in [4.78, 5) is 12.3. The second-order valence-corrected chi connectivity index (χ2v) is 11.9. The molecule has 0 unspecified atom stereocenters. The minimum Gasteiger partial charge on any atom is -0.508 e. The molecule has 1 heterocycles. The second-order valence-electron chi connectivity index (χ2n) is 11.5. The minimum atomic E-state index is -0.276. The van der Waals surface area contributed by atoms with Crippen LogP contribution in [0.2, 0.25) is 5.02 Å². The lowest BCUT2D eigenvalue weighted by molar-refractivity contribution is -0.116. The average molecular weight is 496 g/mol. The zero-order chi connectivity index (χ0) is 25.4. The third kappa shape index (κ3) is 5.69. The summed E-state index contributed by atoms with van der Waals surface area (Å²) >= 11 is 5.90. The van der Waals surface area contributed by atoms with E-state index in [4.69, 9.17) is 16.3 Å². The Morgan fingerprint density at radius 1 is 1.20 bits per heavy atom. The maximum atomic E-state index is 12.3. The molecule has 4 rings (SSSR count). The summed E-state index contributed by atoms with van der Waals surface area (Å²) in [7, 11) is 0. The van der Waals surface area contributed by atoms with E-state index < -0.39 is 0 Å². The Labute approximate surface area is 214 Å². The maximum Gasteiger partial charge on any atom is 0.224 e. The number of benzene rings is 2.